The van der Waals surface area contributed by atoms with E-state index in [1.165, 1.54) is 7.11 Å². The van der Waals surface area contributed by atoms with E-state index in [9.17, 15) is 9.59 Å². The molecule has 0 spiro atoms. The highest BCUT2D eigenvalue weighted by molar-refractivity contribution is 5.96. The minimum atomic E-state index is -0.546. The van der Waals surface area contributed by atoms with Crippen LogP contribution in [0.2, 0.25) is 0 Å². The number of nitrogens with zero attached hydrogens (tertiary/aromatic N) is 2. The minimum absolute atomic E-state index is 0.0722. The lowest BCUT2D eigenvalue weighted by molar-refractivity contribution is 0.0600. The Balaban J connectivity index is 1.69. The summed E-state index contributed by atoms with van der Waals surface area (Å²) in [5, 5.41) is 7.58. The number of aromatic nitrogens is 4. The maximum absolute atomic E-state index is 12.5. The number of H-pyrrole nitrogens is 2. The molecule has 0 saturated heterocycles. The predicted octanol–water partition coefficient (Wildman–Crippen LogP) is 4.09. The quantitative estimate of drug-likeness (QED) is 0.375. The van der Waals surface area contributed by atoms with Gasteiger partial charge in [-0.25, -0.2) is 9.89 Å². The fraction of sp³-hybridized carbons (Fsp3) is 0.192. The second-order valence-electron chi connectivity index (χ2n) is 8.21. The smallest absolute Gasteiger partial charge is 0.341 e. The highest BCUT2D eigenvalue weighted by atomic mass is 16.5. The summed E-state index contributed by atoms with van der Waals surface area (Å²) in [6.45, 7) is 2.55. The lowest BCUT2D eigenvalue weighted by Gasteiger charge is -2.22. The molecule has 3 aromatic rings. The van der Waals surface area contributed by atoms with Crippen LogP contribution >= 0.6 is 0 Å². The van der Waals surface area contributed by atoms with Gasteiger partial charge in [0.25, 0.3) is 5.56 Å². The highest BCUT2D eigenvalue weighted by Gasteiger charge is 2.25. The molecular formula is C26H24N4O4. The highest BCUT2D eigenvalue weighted by Crippen LogP contribution is 2.36. The fourth-order valence-electron chi connectivity index (χ4n) is 4.61. The first-order valence-electron chi connectivity index (χ1n) is 10.9. The van der Waals surface area contributed by atoms with Gasteiger partial charge in [0.2, 0.25) is 0 Å². The average molecular weight is 457 g/mol. The Morgan fingerprint density at radius 2 is 1.85 bits per heavy atom. The van der Waals surface area contributed by atoms with Gasteiger partial charge in [-0.2, -0.15) is 5.10 Å². The third kappa shape index (κ3) is 3.63. The van der Waals surface area contributed by atoms with E-state index in [0.717, 1.165) is 33.5 Å². The van der Waals surface area contributed by atoms with Crippen LogP contribution in [0.3, 0.4) is 0 Å². The van der Waals surface area contributed by atoms with Crippen molar-refractivity contribution in [2.45, 2.75) is 19.4 Å². The molecule has 2 aliphatic rings. The third-order valence-electron chi connectivity index (χ3n) is 6.22. The van der Waals surface area contributed by atoms with E-state index < -0.39 is 5.97 Å². The number of hydrogen-bond acceptors (Lipinski definition) is 5. The number of hydrogen-bond donors (Lipinski definition) is 2. The number of carbonyl (C=O) groups is 1. The number of nitrogens with one attached hydrogen (secondary N) is 2. The fourth-order valence-corrected chi connectivity index (χ4v) is 4.61. The van der Waals surface area contributed by atoms with E-state index in [2.05, 4.69) is 34.2 Å². The summed E-state index contributed by atoms with van der Waals surface area (Å²) in [6.07, 6.45) is 3.42. The lowest BCUT2D eigenvalue weighted by atomic mass is 9.88. The third-order valence-corrected chi connectivity index (χ3v) is 6.22. The molecule has 2 aliphatic heterocycles. The number of pyridine rings is 1. The molecule has 0 aliphatic carbocycles. The Bertz CT molecular complexity index is 1510. The van der Waals surface area contributed by atoms with E-state index in [1.807, 2.05) is 41.0 Å². The van der Waals surface area contributed by atoms with Crippen LogP contribution < -0.4 is 10.3 Å². The number of fused-ring (bicyclic) bond motifs is 2. The molecule has 5 rings (SSSR count). The van der Waals surface area contributed by atoms with Crippen LogP contribution in [-0.4, -0.2) is 39.9 Å². The van der Waals surface area contributed by atoms with Gasteiger partial charge in [-0.1, -0.05) is 30.3 Å². The molecule has 1 aromatic heterocycles. The maximum Gasteiger partial charge on any atom is 0.341 e. The number of esters is 1. The number of benzene rings is 2. The Hall–Kier alpha value is -4.33. The summed E-state index contributed by atoms with van der Waals surface area (Å²) >= 11 is 0. The number of methoxy groups -OCH3 is 2. The second-order valence-corrected chi connectivity index (χ2v) is 8.21. The predicted molar refractivity (Wildman–Crippen MR) is 129 cm³/mol. The molecule has 8 heteroatoms. The van der Waals surface area contributed by atoms with E-state index in [1.54, 1.807) is 19.5 Å². The van der Waals surface area contributed by atoms with E-state index in [4.69, 9.17) is 9.47 Å². The van der Waals surface area contributed by atoms with Crippen molar-refractivity contribution < 1.29 is 14.3 Å². The molecule has 0 radical (unpaired) electrons. The summed E-state index contributed by atoms with van der Waals surface area (Å²) in [7, 11) is 2.95. The molecule has 0 saturated carbocycles. The van der Waals surface area contributed by atoms with Crippen molar-refractivity contribution in [3.8, 4) is 17.0 Å². The molecule has 2 aromatic carbocycles. The van der Waals surface area contributed by atoms with Crippen molar-refractivity contribution in [2.24, 2.45) is 0 Å². The van der Waals surface area contributed by atoms with E-state index in [0.29, 0.717) is 17.8 Å². The molecule has 3 heterocycles. The van der Waals surface area contributed by atoms with E-state index in [-0.39, 0.29) is 17.0 Å². The van der Waals surface area contributed by atoms with Crippen LogP contribution in [0.15, 0.2) is 65.7 Å². The van der Waals surface area contributed by atoms with Crippen molar-refractivity contribution in [1.82, 2.24) is 19.7 Å². The van der Waals surface area contributed by atoms with Crippen molar-refractivity contribution >= 4 is 16.9 Å². The summed E-state index contributed by atoms with van der Waals surface area (Å²) in [5.74, 6) is 0.154. The van der Waals surface area contributed by atoms with Gasteiger partial charge in [0.05, 0.1) is 19.8 Å². The van der Waals surface area contributed by atoms with Crippen LogP contribution in [0, 0.1) is 6.92 Å². The summed E-state index contributed by atoms with van der Waals surface area (Å²) < 4.78 is 12.2. The van der Waals surface area contributed by atoms with Gasteiger partial charge in [-0.05, 0) is 36.2 Å². The number of carbonyl (C=O) groups excluding carboxylic acids is 1. The van der Waals surface area contributed by atoms with Crippen molar-refractivity contribution in [3.63, 3.8) is 0 Å². The second kappa shape index (κ2) is 8.55. The molecule has 0 amide bonds. The van der Waals surface area contributed by atoms with Gasteiger partial charge in [0.15, 0.2) is 0 Å². The zero-order chi connectivity index (χ0) is 23.8. The van der Waals surface area contributed by atoms with Crippen LogP contribution in [0.5, 0.6) is 5.75 Å². The molecule has 0 bridgehead atoms. The Kier molecular flexibility index (Phi) is 5.41. The maximum atomic E-state index is 12.5. The minimum Gasteiger partial charge on any atom is -0.497 e. The van der Waals surface area contributed by atoms with Crippen LogP contribution in [0.25, 0.3) is 22.2 Å². The lowest BCUT2D eigenvalue weighted by Crippen LogP contribution is -2.16. The number of aryl methyl sites for hydroxylation is 1. The normalized spacial score (nSPS) is 12.2. The van der Waals surface area contributed by atoms with Gasteiger partial charge in [0.1, 0.15) is 17.0 Å². The molecule has 0 fully saturated rings. The molecule has 8 nitrogen and oxygen atoms in total. The molecule has 34 heavy (non-hydrogen) atoms. The van der Waals surface area contributed by atoms with Crippen LogP contribution in [0.1, 0.15) is 33.1 Å². The van der Waals surface area contributed by atoms with Gasteiger partial charge in [0, 0.05) is 41.5 Å². The summed E-state index contributed by atoms with van der Waals surface area (Å²) in [5.41, 5.74) is 4.88. The SMILES string of the molecule is COC(=O)c1cn(C[C@H](c2ccc(OC)cc2)c2c(C)[nH]c3ccccc23)cc2c(=O)[nH]nc1-2. The topological polar surface area (TPSA) is 102 Å². The number of rotatable bonds is 6. The molecule has 172 valence electrons. The summed E-state index contributed by atoms with van der Waals surface area (Å²) in [6, 6.07) is 16.1. The van der Waals surface area contributed by atoms with Crippen molar-refractivity contribution in [1.29, 1.82) is 0 Å². The first kappa shape index (κ1) is 21.5. The monoisotopic (exact) mass is 456 g/mol. The van der Waals surface area contributed by atoms with E-state index >= 15 is 0 Å². The Morgan fingerprint density at radius 1 is 1.09 bits per heavy atom. The average Bonchev–Trinajstić information content (AvgIpc) is 3.40. The van der Waals surface area contributed by atoms with Gasteiger partial charge in [-0.3, -0.25) is 4.79 Å². The van der Waals surface area contributed by atoms with Crippen molar-refractivity contribution in [2.75, 3.05) is 14.2 Å². The first-order chi connectivity index (χ1) is 16.5. The first-order valence-corrected chi connectivity index (χ1v) is 10.9. The van der Waals surface area contributed by atoms with Gasteiger partial charge in [-0.15, -0.1) is 0 Å². The number of para-hydroxylation sites is 1. The van der Waals surface area contributed by atoms with Crippen LogP contribution in [-0.2, 0) is 11.3 Å². The number of ether oxygens (including phenoxy) is 2. The zero-order valence-corrected chi connectivity index (χ0v) is 19.1. The van der Waals surface area contributed by atoms with Crippen LogP contribution in [0.4, 0.5) is 0 Å². The number of aromatic amines is 2. The molecular weight excluding hydrogens is 432 g/mol. The largest absolute Gasteiger partial charge is 0.497 e. The summed E-state index contributed by atoms with van der Waals surface area (Å²) in [4.78, 5) is 28.3. The molecule has 0 unspecified atom stereocenters. The zero-order valence-electron chi connectivity index (χ0n) is 19.1. The molecule has 1 atom stereocenters. The standard InChI is InChI=1S/C26H24N4O4/c1-15-23(18-6-4-5-7-22(18)27-15)19(16-8-10-17(33-2)11-9-16)12-30-13-20-24(28-29-25(20)31)21(14-30)26(32)34-3/h4-11,13-14,19,27H,12H2,1-3H3,(H,29,31)/t19-/m1/s1. The van der Waals surface area contributed by atoms with Gasteiger partial charge >= 0.3 is 5.97 Å². The van der Waals surface area contributed by atoms with Crippen molar-refractivity contribution in [3.05, 3.63) is 93.7 Å². The van der Waals surface area contributed by atoms with Gasteiger partial charge < -0.3 is 19.0 Å². The molecule has 2 N–H and O–H groups in total. The Morgan fingerprint density at radius 3 is 2.59 bits per heavy atom. The Labute approximate surface area is 195 Å².